The number of carbonyl (C=O) groups is 23. The Morgan fingerprint density at radius 1 is 0.339 bits per heavy atom. The third-order valence-electron chi connectivity index (χ3n) is 19.3. The molecule has 4 fully saturated rings. The molecule has 4 heterocycles. The Bertz CT molecular complexity index is 3710. The molecular formula is C67H101N19O29. The highest BCUT2D eigenvalue weighted by atomic mass is 16.4. The summed E-state index contributed by atoms with van der Waals surface area (Å²) in [5, 5.41) is 80.1. The predicted molar refractivity (Wildman–Crippen MR) is 384 cm³/mol. The van der Waals surface area contributed by atoms with Gasteiger partial charge in [-0.05, 0) is 83.0 Å². The van der Waals surface area contributed by atoms with Crippen LogP contribution in [-0.4, -0.2) is 310 Å². The summed E-state index contributed by atoms with van der Waals surface area (Å²) in [6.07, 6.45) is -9.25. The van der Waals surface area contributed by atoms with Crippen LogP contribution in [0.3, 0.4) is 0 Å². The van der Waals surface area contributed by atoms with Crippen molar-refractivity contribution in [1.29, 1.82) is 0 Å². The minimum atomic E-state index is -2.02. The monoisotopic (exact) mass is 1640 g/mol. The topological polar surface area (TPSA) is 777 Å². The lowest BCUT2D eigenvalue weighted by Crippen LogP contribution is -2.61. The maximum absolute atomic E-state index is 14.6. The summed E-state index contributed by atoms with van der Waals surface area (Å²) in [4.78, 5) is 307. The molecule has 0 aromatic carbocycles. The van der Waals surface area contributed by atoms with Crippen molar-refractivity contribution in [2.75, 3.05) is 39.3 Å². The van der Waals surface area contributed by atoms with Crippen molar-refractivity contribution in [1.82, 2.24) is 72.8 Å². The maximum Gasteiger partial charge on any atom is 0.322 e. The molecule has 638 valence electrons. The molecule has 0 bridgehead atoms. The highest BCUT2D eigenvalue weighted by Gasteiger charge is 2.47. The molecule has 0 aromatic rings. The molecule has 0 aliphatic carbocycles. The van der Waals surface area contributed by atoms with Crippen LogP contribution in [0.15, 0.2) is 0 Å². The van der Waals surface area contributed by atoms with Gasteiger partial charge in [-0.25, -0.2) is 0 Å². The number of carboxylic acid groups (broad SMARTS) is 5. The van der Waals surface area contributed by atoms with Crippen molar-refractivity contribution in [2.24, 2.45) is 34.6 Å². The van der Waals surface area contributed by atoms with Gasteiger partial charge < -0.3 is 132 Å². The van der Waals surface area contributed by atoms with E-state index in [9.17, 15) is 136 Å². The maximum atomic E-state index is 14.6. The summed E-state index contributed by atoms with van der Waals surface area (Å²) in [5.41, 5.74) is 27.7. The van der Waals surface area contributed by atoms with Gasteiger partial charge in [-0.1, -0.05) is 20.3 Å². The van der Waals surface area contributed by atoms with E-state index in [-0.39, 0.29) is 77.5 Å². The summed E-state index contributed by atoms with van der Waals surface area (Å²) in [7, 11) is 0. The molecule has 48 nitrogen and oxygen atoms in total. The van der Waals surface area contributed by atoms with Gasteiger partial charge in [0, 0.05) is 51.9 Å². The average molecular weight is 1640 g/mol. The fourth-order valence-corrected chi connectivity index (χ4v) is 13.2. The summed E-state index contributed by atoms with van der Waals surface area (Å²) < 4.78 is 0. The van der Waals surface area contributed by atoms with Crippen molar-refractivity contribution in [3.63, 3.8) is 0 Å². The summed E-state index contributed by atoms with van der Waals surface area (Å²) in [5.74, 6) is -28.5. The largest absolute Gasteiger partial charge is 0.481 e. The fraction of sp³-hybridized carbons (Fsp3) is 0.657. The smallest absolute Gasteiger partial charge is 0.322 e. The van der Waals surface area contributed by atoms with E-state index >= 15 is 0 Å². The molecule has 0 radical (unpaired) electrons. The van der Waals surface area contributed by atoms with Crippen LogP contribution in [0.2, 0.25) is 0 Å². The number of likely N-dealkylation sites (tertiary alicyclic amines) is 4. The lowest BCUT2D eigenvalue weighted by molar-refractivity contribution is -0.146. The SMILES string of the molecule is CC[C@H](C)[C@H](N)C(=O)N[C@@H](CC(=O)O)C(=O)N[C@@H](CC(N)=O)C(=O)N[C@@H](CC(N)=O)C(=O)N1CCC[C@H]1C(=O)N[C@@H](CCC(N)=O)C(=O)N[C@@H](CCC(=O)O)C(=O)N1CCC[C@H]1C(=O)N[C@@H](CO)C(=O)N1CCC[C@H]1C(=O)N[C@@H](CC(N)=O)C(=O)N1CCC[C@H]1C(=O)N[C@@H](CCC(=O)O)C(=O)N[C@@H](CCC(=O)O)C(=O)NCC(=O)O. The van der Waals surface area contributed by atoms with Gasteiger partial charge in [-0.2, -0.15) is 0 Å². The molecule has 0 saturated carbocycles. The van der Waals surface area contributed by atoms with E-state index in [4.69, 9.17) is 33.8 Å². The Kier molecular flexibility index (Phi) is 37.6. The van der Waals surface area contributed by atoms with Crippen molar-refractivity contribution in [3.05, 3.63) is 0 Å². The molecule has 4 aliphatic rings. The molecule has 4 aliphatic heterocycles. The Morgan fingerprint density at radius 2 is 0.626 bits per heavy atom. The van der Waals surface area contributed by atoms with E-state index in [1.54, 1.807) is 13.8 Å². The predicted octanol–water partition coefficient (Wildman–Crippen LogP) is -11.2. The van der Waals surface area contributed by atoms with Gasteiger partial charge in [0.05, 0.1) is 38.3 Å². The zero-order valence-electron chi connectivity index (χ0n) is 63.0. The van der Waals surface area contributed by atoms with Crippen LogP contribution in [0, 0.1) is 5.92 Å². The minimum absolute atomic E-state index is 0.0446. The van der Waals surface area contributed by atoms with Gasteiger partial charge >= 0.3 is 29.8 Å². The number of hydrogen-bond donors (Lipinski definition) is 21. The second-order valence-corrected chi connectivity index (χ2v) is 27.9. The number of aliphatic carboxylic acids is 5. The Morgan fingerprint density at radius 3 is 0.983 bits per heavy atom. The van der Waals surface area contributed by atoms with E-state index in [0.29, 0.717) is 6.42 Å². The first kappa shape index (κ1) is 95.1. The first-order valence-electron chi connectivity index (χ1n) is 36.8. The van der Waals surface area contributed by atoms with Crippen molar-refractivity contribution in [3.8, 4) is 0 Å². The molecule has 18 amide bonds. The quantitative estimate of drug-likeness (QED) is 0.0269. The molecule has 15 atom stereocenters. The molecule has 4 rings (SSSR count). The second kappa shape index (κ2) is 45.4. The van der Waals surface area contributed by atoms with E-state index in [1.165, 1.54) is 0 Å². The van der Waals surface area contributed by atoms with Crippen LogP contribution in [0.25, 0.3) is 0 Å². The number of amides is 18. The van der Waals surface area contributed by atoms with Gasteiger partial charge in [-0.3, -0.25) is 110 Å². The second-order valence-electron chi connectivity index (χ2n) is 27.9. The Labute approximate surface area is 655 Å². The first-order valence-corrected chi connectivity index (χ1v) is 36.8. The molecule has 0 spiro atoms. The normalized spacial score (nSPS) is 19.2. The highest BCUT2D eigenvalue weighted by Crippen LogP contribution is 2.26. The van der Waals surface area contributed by atoms with Crippen LogP contribution in [-0.2, 0) is 110 Å². The van der Waals surface area contributed by atoms with E-state index in [1.807, 2.05) is 5.32 Å². The van der Waals surface area contributed by atoms with Gasteiger partial charge in [0.25, 0.3) is 0 Å². The zero-order valence-corrected chi connectivity index (χ0v) is 63.0. The summed E-state index contributed by atoms with van der Waals surface area (Å²) in [6, 6.07) is -24.0. The molecule has 115 heavy (non-hydrogen) atoms. The van der Waals surface area contributed by atoms with Gasteiger partial charge in [0.15, 0.2) is 0 Å². The molecule has 26 N–H and O–H groups in total. The number of nitrogens with one attached hydrogen (secondary N) is 10. The van der Waals surface area contributed by atoms with Gasteiger partial charge in [-0.15, -0.1) is 0 Å². The molecule has 4 saturated heterocycles. The number of nitrogens with zero attached hydrogens (tertiary/aromatic N) is 4. The van der Waals surface area contributed by atoms with Crippen molar-refractivity contribution >= 4 is 136 Å². The molecule has 0 aromatic heterocycles. The standard InChI is InChI=1S/C67H101N19O29/c1-3-30(2)53(72)63(111)79-36(27-51(98)99)58(106)78-35(24-45(69)89)57(105)80-37(25-46(70)90)65(113)84-21-5-8-40(84)59(107)75-32(12-16-44(68)88)56(104)77-34(15-19-50(96)97)64(112)83-20-4-11-43(83)62(110)82-39(29-87)67(115)86-23-7-10-42(86)61(109)81-38(26-47(71)91)66(114)85-22-6-9-41(85)60(108)76-33(14-18-49(94)95)55(103)74-31(13-17-48(92)93)54(102)73-28-52(100)101/h30-43,53,87H,3-29,72H2,1-2H3,(H2,68,88)(H2,69,89)(H2,70,90)(H2,71,91)(H,73,102)(H,74,103)(H,75,107)(H,76,108)(H,77,104)(H,78,106)(H,79,111)(H,80,105)(H,81,109)(H,82,110)(H,92,93)(H,94,95)(H,96,97)(H,98,99)(H,100,101)/t30-,31-,32-,33-,34-,35-,36-,37-,38-,39-,40-,41-,42-,43-,53-/m0/s1. The summed E-state index contributed by atoms with van der Waals surface area (Å²) >= 11 is 0. The van der Waals surface area contributed by atoms with Gasteiger partial charge in [0.2, 0.25) is 106 Å². The number of primary amides is 4. The third kappa shape index (κ3) is 29.7. The lowest BCUT2D eigenvalue weighted by Gasteiger charge is -2.33. The lowest BCUT2D eigenvalue weighted by atomic mass is 9.99. The summed E-state index contributed by atoms with van der Waals surface area (Å²) in [6.45, 7) is 0.282. The first-order chi connectivity index (χ1) is 54.0. The number of carbonyl (C=O) groups excluding carboxylic acids is 18. The van der Waals surface area contributed by atoms with E-state index in [0.717, 1.165) is 19.6 Å². The number of aliphatic hydroxyl groups excluding tert-OH is 1. The highest BCUT2D eigenvalue weighted by molar-refractivity contribution is 6.03. The third-order valence-corrected chi connectivity index (χ3v) is 19.3. The molecule has 48 heteroatoms. The number of rotatable bonds is 48. The van der Waals surface area contributed by atoms with Crippen molar-refractivity contribution < 1.29 is 141 Å². The van der Waals surface area contributed by atoms with Crippen LogP contribution >= 0.6 is 0 Å². The van der Waals surface area contributed by atoms with Crippen molar-refractivity contribution in [2.45, 2.75) is 233 Å². The van der Waals surface area contributed by atoms with Crippen LogP contribution in [0.1, 0.15) is 149 Å². The minimum Gasteiger partial charge on any atom is -0.481 e. The Hall–Kier alpha value is -12.3. The zero-order chi connectivity index (χ0) is 86.4. The number of aliphatic hydroxyl groups is 1. The van der Waals surface area contributed by atoms with Crippen LogP contribution < -0.4 is 81.8 Å². The van der Waals surface area contributed by atoms with Crippen LogP contribution in [0.5, 0.6) is 0 Å². The fourth-order valence-electron chi connectivity index (χ4n) is 13.2. The molecule has 0 unspecified atom stereocenters. The Balaban J connectivity index is 1.52. The molecular weight excluding hydrogens is 1530 g/mol. The van der Waals surface area contributed by atoms with Gasteiger partial charge in [0.1, 0.15) is 85.1 Å². The number of nitrogens with two attached hydrogens (primary N) is 5. The number of hydrogen-bond acceptors (Lipinski definition) is 25. The van der Waals surface area contributed by atoms with E-state index < -0.39 is 317 Å². The van der Waals surface area contributed by atoms with E-state index in [2.05, 4.69) is 47.9 Å². The number of carboxylic acids is 5. The average Bonchev–Trinajstić information content (AvgIpc) is 1.72. The van der Waals surface area contributed by atoms with Crippen LogP contribution in [0.4, 0.5) is 0 Å².